The minimum Gasteiger partial charge on any atom is -0.496 e. The highest BCUT2D eigenvalue weighted by Crippen LogP contribution is 2.51. The smallest absolute Gasteiger partial charge is 0.133 e. The van der Waals surface area contributed by atoms with Gasteiger partial charge in [-0.25, -0.2) is 0 Å². The van der Waals surface area contributed by atoms with Gasteiger partial charge < -0.3 is 9.47 Å². The molecule has 156 valence electrons. The lowest BCUT2D eigenvalue weighted by atomic mass is 9.77. The third kappa shape index (κ3) is 4.19. The first kappa shape index (κ1) is 20.7. The van der Waals surface area contributed by atoms with Gasteiger partial charge in [-0.1, -0.05) is 62.8 Å². The molecule has 0 aliphatic heterocycles. The third-order valence-corrected chi connectivity index (χ3v) is 7.52. The summed E-state index contributed by atoms with van der Waals surface area (Å²) in [5.41, 5.74) is 5.19. The lowest BCUT2D eigenvalue weighted by molar-refractivity contribution is 0.368. The molecule has 0 aromatic heterocycles. The molecule has 0 heterocycles. The molecule has 29 heavy (non-hydrogen) atoms. The van der Waals surface area contributed by atoms with Crippen LogP contribution in [0.3, 0.4) is 0 Å². The van der Waals surface area contributed by atoms with Crippen LogP contribution in [0.4, 0.5) is 0 Å². The minimum atomic E-state index is 0.599. The SMILES string of the molecule is COc1c(C2CCCCC2)cc(C2CCCCC2)c(OC)c1-c1ccccc1P. The summed E-state index contributed by atoms with van der Waals surface area (Å²) in [6, 6.07) is 11.1. The van der Waals surface area contributed by atoms with Crippen LogP contribution >= 0.6 is 9.24 Å². The van der Waals surface area contributed by atoms with E-state index in [1.165, 1.54) is 86.2 Å². The summed E-state index contributed by atoms with van der Waals surface area (Å²) in [6.45, 7) is 0. The second-order valence-corrected chi connectivity index (χ2v) is 9.38. The molecule has 0 spiro atoms. The van der Waals surface area contributed by atoms with Gasteiger partial charge in [-0.3, -0.25) is 0 Å². The average Bonchev–Trinajstić information content (AvgIpc) is 2.79. The van der Waals surface area contributed by atoms with Crippen LogP contribution < -0.4 is 14.8 Å². The Balaban J connectivity index is 1.96. The lowest BCUT2D eigenvalue weighted by Crippen LogP contribution is -2.13. The van der Waals surface area contributed by atoms with Crippen molar-refractivity contribution in [3.05, 3.63) is 41.5 Å². The average molecular weight is 411 g/mol. The van der Waals surface area contributed by atoms with E-state index in [9.17, 15) is 0 Å². The summed E-state index contributed by atoms with van der Waals surface area (Å²) in [4.78, 5) is 0. The van der Waals surface area contributed by atoms with Gasteiger partial charge in [0, 0.05) is 0 Å². The Morgan fingerprint density at radius 3 is 1.66 bits per heavy atom. The summed E-state index contributed by atoms with van der Waals surface area (Å²) in [5.74, 6) is 3.26. The molecule has 0 N–H and O–H groups in total. The summed E-state index contributed by atoms with van der Waals surface area (Å²) < 4.78 is 12.3. The van der Waals surface area contributed by atoms with Crippen LogP contribution in [0.2, 0.25) is 0 Å². The molecule has 3 heteroatoms. The fourth-order valence-corrected chi connectivity index (χ4v) is 5.88. The highest BCUT2D eigenvalue weighted by molar-refractivity contribution is 7.28. The molecule has 2 aromatic rings. The number of benzene rings is 2. The zero-order chi connectivity index (χ0) is 20.2. The third-order valence-electron chi connectivity index (χ3n) is 7.02. The normalized spacial score (nSPS) is 18.6. The van der Waals surface area contributed by atoms with Crippen molar-refractivity contribution in [1.29, 1.82) is 0 Å². The van der Waals surface area contributed by atoms with E-state index in [0.717, 1.165) is 17.1 Å². The maximum atomic E-state index is 6.13. The first-order chi connectivity index (χ1) is 14.2. The van der Waals surface area contributed by atoms with Crippen LogP contribution in [0.15, 0.2) is 30.3 Å². The van der Waals surface area contributed by atoms with Crippen molar-refractivity contribution in [1.82, 2.24) is 0 Å². The second-order valence-electron chi connectivity index (χ2n) is 8.75. The molecule has 2 aliphatic carbocycles. The van der Waals surface area contributed by atoms with E-state index in [-0.39, 0.29) is 0 Å². The standard InChI is InChI=1S/C26H35O2P/c1-27-25-21(18-11-5-3-6-12-18)17-22(19-13-7-4-8-14-19)26(28-2)24(25)20-15-9-10-16-23(20)29/h9-10,15-19H,3-8,11-14,29H2,1-2H3. The van der Waals surface area contributed by atoms with E-state index in [0.29, 0.717) is 11.8 Å². The predicted molar refractivity (Wildman–Crippen MR) is 126 cm³/mol. The molecule has 0 bridgehead atoms. The van der Waals surface area contributed by atoms with E-state index in [1.807, 2.05) is 14.2 Å². The summed E-state index contributed by atoms with van der Waals surface area (Å²) in [7, 11) is 6.56. The molecule has 0 saturated heterocycles. The highest BCUT2D eigenvalue weighted by Gasteiger charge is 2.30. The van der Waals surface area contributed by atoms with E-state index in [1.54, 1.807) is 0 Å². The van der Waals surface area contributed by atoms with E-state index in [2.05, 4.69) is 39.6 Å². The number of hydrogen-bond acceptors (Lipinski definition) is 2. The highest BCUT2D eigenvalue weighted by atomic mass is 31.0. The van der Waals surface area contributed by atoms with Gasteiger partial charge >= 0.3 is 0 Å². The molecule has 1 atom stereocenters. The van der Waals surface area contributed by atoms with Gasteiger partial charge in [-0.2, -0.15) is 0 Å². The largest absolute Gasteiger partial charge is 0.496 e. The summed E-state index contributed by atoms with van der Waals surface area (Å²) >= 11 is 0. The van der Waals surface area contributed by atoms with Crippen molar-refractivity contribution in [2.75, 3.05) is 14.2 Å². The summed E-state index contributed by atoms with van der Waals surface area (Å²) in [6.07, 6.45) is 13.1. The fourth-order valence-electron chi connectivity index (χ4n) is 5.53. The zero-order valence-electron chi connectivity index (χ0n) is 18.0. The number of methoxy groups -OCH3 is 2. The molecule has 2 saturated carbocycles. The summed E-state index contributed by atoms with van der Waals surface area (Å²) in [5, 5.41) is 1.19. The molecule has 4 rings (SSSR count). The Hall–Kier alpha value is -1.53. The molecule has 1 unspecified atom stereocenters. The van der Waals surface area contributed by atoms with Gasteiger partial charge in [-0.15, -0.1) is 9.24 Å². The van der Waals surface area contributed by atoms with Crippen LogP contribution in [0.1, 0.15) is 87.2 Å². The molecular formula is C26H35O2P. The van der Waals surface area contributed by atoms with Crippen LogP contribution in [0.5, 0.6) is 11.5 Å². The first-order valence-corrected chi connectivity index (χ1v) is 12.0. The van der Waals surface area contributed by atoms with Crippen molar-refractivity contribution >= 4 is 14.5 Å². The van der Waals surface area contributed by atoms with E-state index >= 15 is 0 Å². The van der Waals surface area contributed by atoms with Gasteiger partial charge in [0.2, 0.25) is 0 Å². The van der Waals surface area contributed by atoms with Gasteiger partial charge in [-0.05, 0) is 65.6 Å². The Bertz CT molecular complexity index is 789. The molecule has 2 fully saturated rings. The maximum absolute atomic E-state index is 6.13. The van der Waals surface area contributed by atoms with Crippen molar-refractivity contribution in [2.24, 2.45) is 0 Å². The zero-order valence-corrected chi connectivity index (χ0v) is 19.2. The first-order valence-electron chi connectivity index (χ1n) is 11.4. The van der Waals surface area contributed by atoms with E-state index < -0.39 is 0 Å². The van der Waals surface area contributed by atoms with E-state index in [4.69, 9.17) is 9.47 Å². The van der Waals surface area contributed by atoms with Gasteiger partial charge in [0.1, 0.15) is 11.5 Å². The molecule has 2 aromatic carbocycles. The van der Waals surface area contributed by atoms with Crippen LogP contribution in [0.25, 0.3) is 11.1 Å². The van der Waals surface area contributed by atoms with Gasteiger partial charge in [0.05, 0.1) is 19.8 Å². The number of ether oxygens (including phenoxy) is 2. The Labute approximate surface area is 178 Å². The number of hydrogen-bond donors (Lipinski definition) is 0. The fraction of sp³-hybridized carbons (Fsp3) is 0.538. The quantitative estimate of drug-likeness (QED) is 0.496. The molecule has 0 amide bonds. The number of rotatable bonds is 5. The second kappa shape index (κ2) is 9.52. The van der Waals surface area contributed by atoms with Gasteiger partial charge in [0.25, 0.3) is 0 Å². The maximum Gasteiger partial charge on any atom is 0.133 e. The lowest BCUT2D eigenvalue weighted by Gasteiger charge is -2.31. The Kier molecular flexibility index (Phi) is 6.81. The molecular weight excluding hydrogens is 375 g/mol. The Morgan fingerprint density at radius 2 is 1.21 bits per heavy atom. The minimum absolute atomic E-state index is 0.599. The van der Waals surface area contributed by atoms with Crippen molar-refractivity contribution in [3.63, 3.8) is 0 Å². The molecule has 0 radical (unpaired) electrons. The van der Waals surface area contributed by atoms with Crippen LogP contribution in [-0.2, 0) is 0 Å². The predicted octanol–water partition coefficient (Wildman–Crippen LogP) is 6.97. The topological polar surface area (TPSA) is 18.5 Å². The molecule has 2 aliphatic rings. The van der Waals surface area contributed by atoms with Crippen molar-refractivity contribution < 1.29 is 9.47 Å². The Morgan fingerprint density at radius 1 is 0.724 bits per heavy atom. The monoisotopic (exact) mass is 410 g/mol. The van der Waals surface area contributed by atoms with Crippen LogP contribution in [-0.4, -0.2) is 14.2 Å². The molecule has 2 nitrogen and oxygen atoms in total. The van der Waals surface area contributed by atoms with Gasteiger partial charge in [0.15, 0.2) is 0 Å². The van der Waals surface area contributed by atoms with Crippen molar-refractivity contribution in [2.45, 2.75) is 76.0 Å². The van der Waals surface area contributed by atoms with Crippen LogP contribution in [0, 0.1) is 0 Å². The van der Waals surface area contributed by atoms with Crippen molar-refractivity contribution in [3.8, 4) is 22.6 Å².